The summed E-state index contributed by atoms with van der Waals surface area (Å²) >= 11 is 0. The van der Waals surface area contributed by atoms with Crippen molar-refractivity contribution in [1.82, 2.24) is 4.90 Å². The third-order valence-corrected chi connectivity index (χ3v) is 4.70. The second-order valence-corrected chi connectivity index (χ2v) is 7.06. The molecule has 1 fully saturated rings. The van der Waals surface area contributed by atoms with Crippen LogP contribution < -0.4 is 9.64 Å². The van der Waals surface area contributed by atoms with Crippen LogP contribution in [0, 0.1) is 13.8 Å². The molecular formula is C21H28N2O3. The predicted octanol–water partition coefficient (Wildman–Crippen LogP) is 2.57. The Hall–Kier alpha value is -2.24. The molecule has 140 valence electrons. The fourth-order valence-electron chi connectivity index (χ4n) is 3.46. The molecule has 1 unspecified atom stereocenters. The fraction of sp³-hybridized carbons (Fsp3) is 0.429. The van der Waals surface area contributed by atoms with Crippen LogP contribution in [0.1, 0.15) is 11.1 Å². The van der Waals surface area contributed by atoms with E-state index >= 15 is 0 Å². The summed E-state index contributed by atoms with van der Waals surface area (Å²) in [5, 5.41) is 20.3. The van der Waals surface area contributed by atoms with Crippen LogP contribution in [0.25, 0.3) is 0 Å². The van der Waals surface area contributed by atoms with E-state index in [1.165, 1.54) is 0 Å². The number of aliphatic hydroxyl groups excluding tert-OH is 1. The predicted molar refractivity (Wildman–Crippen MR) is 104 cm³/mol. The highest BCUT2D eigenvalue weighted by molar-refractivity contribution is 5.57. The van der Waals surface area contributed by atoms with Crippen molar-refractivity contribution < 1.29 is 14.9 Å². The lowest BCUT2D eigenvalue weighted by molar-refractivity contribution is 0.0662. The van der Waals surface area contributed by atoms with Crippen LogP contribution in [0.15, 0.2) is 42.5 Å². The number of β-amino-alcohol motifs (C(OH)–C–C–N with tert-alkyl or cyclic N) is 1. The molecule has 1 atom stereocenters. The van der Waals surface area contributed by atoms with Crippen LogP contribution in [-0.2, 0) is 0 Å². The fourth-order valence-corrected chi connectivity index (χ4v) is 3.46. The third kappa shape index (κ3) is 4.90. The SMILES string of the molecule is Cc1cc(C)cc(OCC(O)CN2CCN(c3ccccc3O)CC2)c1. The zero-order chi connectivity index (χ0) is 18.5. The van der Waals surface area contributed by atoms with Gasteiger partial charge in [0.15, 0.2) is 0 Å². The van der Waals surface area contributed by atoms with Crippen molar-refractivity contribution in [3.8, 4) is 11.5 Å². The lowest BCUT2D eigenvalue weighted by Crippen LogP contribution is -2.49. The third-order valence-electron chi connectivity index (χ3n) is 4.70. The minimum absolute atomic E-state index is 0.294. The summed E-state index contributed by atoms with van der Waals surface area (Å²) in [6, 6.07) is 13.5. The number of anilines is 1. The summed E-state index contributed by atoms with van der Waals surface area (Å²) in [6.07, 6.45) is -0.521. The summed E-state index contributed by atoms with van der Waals surface area (Å²) in [7, 11) is 0. The van der Waals surface area contributed by atoms with Crippen molar-refractivity contribution in [2.45, 2.75) is 20.0 Å². The van der Waals surface area contributed by atoms with Crippen LogP contribution in [0.4, 0.5) is 5.69 Å². The topological polar surface area (TPSA) is 56.2 Å². The minimum atomic E-state index is -0.521. The highest BCUT2D eigenvalue weighted by atomic mass is 16.5. The van der Waals surface area contributed by atoms with Crippen LogP contribution in [0.2, 0.25) is 0 Å². The molecule has 1 aliphatic rings. The molecule has 5 heteroatoms. The van der Waals surface area contributed by atoms with Gasteiger partial charge in [-0.25, -0.2) is 0 Å². The number of benzene rings is 2. The van der Waals surface area contributed by atoms with Gasteiger partial charge in [-0.1, -0.05) is 18.2 Å². The van der Waals surface area contributed by atoms with Gasteiger partial charge in [0.1, 0.15) is 24.2 Å². The molecule has 0 aromatic heterocycles. The zero-order valence-corrected chi connectivity index (χ0v) is 15.6. The van der Waals surface area contributed by atoms with E-state index in [1.54, 1.807) is 6.07 Å². The highest BCUT2D eigenvalue weighted by Crippen LogP contribution is 2.27. The standard InChI is InChI=1S/C21H28N2O3/c1-16-11-17(2)13-19(12-16)26-15-18(24)14-22-7-9-23(10-8-22)20-5-3-4-6-21(20)25/h3-6,11-13,18,24-25H,7-10,14-15H2,1-2H3. The summed E-state index contributed by atoms with van der Waals surface area (Å²) in [5.41, 5.74) is 3.20. The van der Waals surface area contributed by atoms with E-state index in [4.69, 9.17) is 4.74 Å². The number of hydrogen-bond donors (Lipinski definition) is 2. The van der Waals surface area contributed by atoms with Crippen molar-refractivity contribution in [1.29, 1.82) is 0 Å². The Kier molecular flexibility index (Phi) is 6.01. The van der Waals surface area contributed by atoms with Crippen LogP contribution in [0.3, 0.4) is 0 Å². The molecule has 2 aromatic carbocycles. The Balaban J connectivity index is 1.44. The van der Waals surface area contributed by atoms with E-state index in [2.05, 4.69) is 15.9 Å². The van der Waals surface area contributed by atoms with Crippen molar-refractivity contribution in [2.75, 3.05) is 44.2 Å². The Labute approximate surface area is 155 Å². The largest absolute Gasteiger partial charge is 0.506 e. The summed E-state index contributed by atoms with van der Waals surface area (Å²) in [4.78, 5) is 4.43. The maximum absolute atomic E-state index is 10.3. The highest BCUT2D eigenvalue weighted by Gasteiger charge is 2.21. The molecule has 0 amide bonds. The molecule has 26 heavy (non-hydrogen) atoms. The molecule has 2 N–H and O–H groups in total. The number of aryl methyl sites for hydroxylation is 2. The molecule has 5 nitrogen and oxygen atoms in total. The molecule has 0 saturated carbocycles. The maximum atomic E-state index is 10.3. The lowest BCUT2D eigenvalue weighted by Gasteiger charge is -2.37. The number of ether oxygens (including phenoxy) is 1. The number of phenolic OH excluding ortho intramolecular Hbond substituents is 1. The first-order valence-corrected chi connectivity index (χ1v) is 9.16. The molecule has 0 aliphatic carbocycles. The van der Waals surface area contributed by atoms with Crippen molar-refractivity contribution in [2.24, 2.45) is 0 Å². The average Bonchev–Trinajstić information content (AvgIpc) is 2.60. The van der Waals surface area contributed by atoms with E-state index in [9.17, 15) is 10.2 Å². The van der Waals surface area contributed by atoms with Gasteiger partial charge in [-0.3, -0.25) is 4.90 Å². The number of aromatic hydroxyl groups is 1. The molecule has 3 rings (SSSR count). The summed E-state index contributed by atoms with van der Waals surface area (Å²) in [6.45, 7) is 8.36. The quantitative estimate of drug-likeness (QED) is 0.833. The number of nitrogens with zero attached hydrogens (tertiary/aromatic N) is 2. The number of phenols is 1. The van der Waals surface area contributed by atoms with Gasteiger partial charge in [0, 0.05) is 32.7 Å². The molecule has 1 aliphatic heterocycles. The van der Waals surface area contributed by atoms with Gasteiger partial charge in [0.2, 0.25) is 0 Å². The first kappa shape index (κ1) is 18.5. The van der Waals surface area contributed by atoms with E-state index in [0.29, 0.717) is 18.9 Å². The Morgan fingerprint density at radius 2 is 1.65 bits per heavy atom. The van der Waals surface area contributed by atoms with Gasteiger partial charge < -0.3 is 19.8 Å². The second kappa shape index (κ2) is 8.43. The monoisotopic (exact) mass is 356 g/mol. The van der Waals surface area contributed by atoms with E-state index in [-0.39, 0.29) is 0 Å². The summed E-state index contributed by atoms with van der Waals surface area (Å²) in [5.74, 6) is 1.13. The summed E-state index contributed by atoms with van der Waals surface area (Å²) < 4.78 is 5.76. The number of para-hydroxylation sites is 2. The van der Waals surface area contributed by atoms with Crippen molar-refractivity contribution in [3.63, 3.8) is 0 Å². The molecule has 1 saturated heterocycles. The van der Waals surface area contributed by atoms with Crippen LogP contribution in [0.5, 0.6) is 11.5 Å². The van der Waals surface area contributed by atoms with Crippen molar-refractivity contribution in [3.05, 3.63) is 53.6 Å². The Morgan fingerprint density at radius 1 is 1.00 bits per heavy atom. The van der Waals surface area contributed by atoms with Gasteiger partial charge in [-0.2, -0.15) is 0 Å². The average molecular weight is 356 g/mol. The molecular weight excluding hydrogens is 328 g/mol. The van der Waals surface area contributed by atoms with Crippen LogP contribution >= 0.6 is 0 Å². The van der Waals surface area contributed by atoms with E-state index < -0.39 is 6.10 Å². The molecule has 1 heterocycles. The normalized spacial score (nSPS) is 16.5. The van der Waals surface area contributed by atoms with Gasteiger partial charge in [0.25, 0.3) is 0 Å². The van der Waals surface area contributed by atoms with Gasteiger partial charge in [-0.15, -0.1) is 0 Å². The first-order chi connectivity index (χ1) is 12.5. The molecule has 2 aromatic rings. The molecule has 0 radical (unpaired) electrons. The second-order valence-electron chi connectivity index (χ2n) is 7.06. The molecule has 0 bridgehead atoms. The molecule has 0 spiro atoms. The van der Waals surface area contributed by atoms with E-state index in [1.807, 2.05) is 44.2 Å². The lowest BCUT2D eigenvalue weighted by atomic mass is 10.1. The zero-order valence-electron chi connectivity index (χ0n) is 15.6. The smallest absolute Gasteiger partial charge is 0.138 e. The first-order valence-electron chi connectivity index (χ1n) is 9.16. The van der Waals surface area contributed by atoms with Crippen LogP contribution in [-0.4, -0.2) is 60.5 Å². The van der Waals surface area contributed by atoms with Crippen molar-refractivity contribution >= 4 is 5.69 Å². The number of hydrogen-bond acceptors (Lipinski definition) is 5. The Bertz CT molecular complexity index is 707. The minimum Gasteiger partial charge on any atom is -0.506 e. The van der Waals surface area contributed by atoms with E-state index in [0.717, 1.165) is 48.7 Å². The maximum Gasteiger partial charge on any atom is 0.138 e. The number of piperazine rings is 1. The van der Waals surface area contributed by atoms with Gasteiger partial charge >= 0.3 is 0 Å². The Morgan fingerprint density at radius 3 is 2.31 bits per heavy atom. The number of rotatable bonds is 6. The van der Waals surface area contributed by atoms with Gasteiger partial charge in [-0.05, 0) is 49.2 Å². The number of aliphatic hydroxyl groups is 1. The van der Waals surface area contributed by atoms with Gasteiger partial charge in [0.05, 0.1) is 5.69 Å².